The molecule has 2 aromatic rings. The largest absolute Gasteiger partial charge is 0.480 e. The lowest BCUT2D eigenvalue weighted by Crippen LogP contribution is -2.56. The summed E-state index contributed by atoms with van der Waals surface area (Å²) in [5.74, 6) is -0.269. The van der Waals surface area contributed by atoms with Crippen molar-refractivity contribution in [3.05, 3.63) is 42.5 Å². The number of fused-ring (bicyclic) bond motifs is 1. The van der Waals surface area contributed by atoms with E-state index in [9.17, 15) is 9.59 Å². The second-order valence-corrected chi connectivity index (χ2v) is 7.02. The van der Waals surface area contributed by atoms with Crippen LogP contribution in [0.5, 0.6) is 5.75 Å². The van der Waals surface area contributed by atoms with E-state index < -0.39 is 12.1 Å². The monoisotopic (exact) mass is 370 g/mol. The summed E-state index contributed by atoms with van der Waals surface area (Å²) in [7, 11) is 0. The minimum atomic E-state index is -0.818. The summed E-state index contributed by atoms with van der Waals surface area (Å²) in [5.41, 5.74) is 0. The van der Waals surface area contributed by atoms with E-state index in [1.807, 2.05) is 54.3 Å². The summed E-state index contributed by atoms with van der Waals surface area (Å²) in [6, 6.07) is 14.0. The molecular weight excluding hydrogens is 344 g/mol. The summed E-state index contributed by atoms with van der Waals surface area (Å²) < 4.78 is 5.91. The highest BCUT2D eigenvalue weighted by atomic mass is 16.5. The van der Waals surface area contributed by atoms with Crippen molar-refractivity contribution in [2.75, 3.05) is 13.1 Å². The molecule has 0 radical (unpaired) electrons. The number of amides is 1. The number of likely N-dealkylation sites (N-methyl/N-ethyl adjacent to an activating group) is 1. The van der Waals surface area contributed by atoms with Gasteiger partial charge in [-0.2, -0.15) is 0 Å². The van der Waals surface area contributed by atoms with Gasteiger partial charge in [-0.25, -0.2) is 0 Å². The lowest BCUT2D eigenvalue weighted by molar-refractivity contribution is -0.140. The highest BCUT2D eigenvalue weighted by Gasteiger charge is 2.35. The molecule has 1 unspecified atom stereocenters. The maximum atomic E-state index is 12.5. The molecule has 1 aliphatic rings. The zero-order valence-corrected chi connectivity index (χ0v) is 15.7. The Hall–Kier alpha value is -2.60. The maximum absolute atomic E-state index is 12.5. The van der Waals surface area contributed by atoms with E-state index in [0.29, 0.717) is 12.3 Å². The van der Waals surface area contributed by atoms with Crippen LogP contribution in [0.25, 0.3) is 10.8 Å². The van der Waals surface area contributed by atoms with Crippen LogP contribution < -0.4 is 10.1 Å². The van der Waals surface area contributed by atoms with Gasteiger partial charge in [-0.05, 0) is 37.8 Å². The molecule has 0 saturated heterocycles. The van der Waals surface area contributed by atoms with Gasteiger partial charge < -0.3 is 15.2 Å². The lowest BCUT2D eigenvalue weighted by atomic mass is 9.85. The van der Waals surface area contributed by atoms with Gasteiger partial charge in [0.1, 0.15) is 5.75 Å². The molecule has 1 atom stereocenters. The molecule has 27 heavy (non-hydrogen) atoms. The Morgan fingerprint density at radius 2 is 1.93 bits per heavy atom. The first-order chi connectivity index (χ1) is 13.0. The first-order valence-electron chi connectivity index (χ1n) is 9.38. The third-order valence-corrected chi connectivity index (χ3v) is 5.14. The number of benzene rings is 2. The Bertz CT molecular complexity index is 811. The maximum Gasteiger partial charge on any atom is 0.317 e. The van der Waals surface area contributed by atoms with Gasteiger partial charge in [0.05, 0.1) is 6.54 Å². The van der Waals surface area contributed by atoms with Crippen molar-refractivity contribution in [1.82, 2.24) is 10.2 Å². The van der Waals surface area contributed by atoms with E-state index in [2.05, 4.69) is 5.32 Å². The smallest absolute Gasteiger partial charge is 0.317 e. The van der Waals surface area contributed by atoms with Crippen molar-refractivity contribution in [2.24, 2.45) is 0 Å². The van der Waals surface area contributed by atoms with E-state index in [0.717, 1.165) is 23.6 Å². The quantitative estimate of drug-likeness (QED) is 0.747. The van der Waals surface area contributed by atoms with Crippen LogP contribution in [0.15, 0.2) is 42.5 Å². The third kappa shape index (κ3) is 4.57. The number of hydrogen-bond donors (Lipinski definition) is 2. The molecule has 0 heterocycles. The van der Waals surface area contributed by atoms with Crippen molar-refractivity contribution >= 4 is 22.6 Å². The topological polar surface area (TPSA) is 78.9 Å². The highest BCUT2D eigenvalue weighted by molar-refractivity contribution is 5.89. The van der Waals surface area contributed by atoms with Crippen LogP contribution in [-0.4, -0.2) is 53.2 Å². The SMILES string of the molecule is CCN(CC(=O)O)C1CC(NC(=O)C(C)Oc2cccc3ccccc23)C1. The fraction of sp³-hybridized carbons (Fsp3) is 0.429. The van der Waals surface area contributed by atoms with Gasteiger partial charge in [0.25, 0.3) is 5.91 Å². The zero-order valence-electron chi connectivity index (χ0n) is 15.7. The minimum absolute atomic E-state index is 0.0441. The Morgan fingerprint density at radius 1 is 1.22 bits per heavy atom. The average Bonchev–Trinajstić information content (AvgIpc) is 2.62. The van der Waals surface area contributed by atoms with Gasteiger partial charge in [-0.1, -0.05) is 43.3 Å². The van der Waals surface area contributed by atoms with Crippen LogP contribution in [0.2, 0.25) is 0 Å². The van der Waals surface area contributed by atoms with Crippen molar-refractivity contribution < 1.29 is 19.4 Å². The molecule has 1 amide bonds. The van der Waals surface area contributed by atoms with E-state index in [-0.39, 0.29) is 24.5 Å². The molecule has 2 N–H and O–H groups in total. The molecule has 144 valence electrons. The Balaban J connectivity index is 1.52. The fourth-order valence-electron chi connectivity index (χ4n) is 3.54. The number of nitrogens with one attached hydrogen (secondary N) is 1. The number of carboxylic acids is 1. The lowest BCUT2D eigenvalue weighted by Gasteiger charge is -2.42. The van der Waals surface area contributed by atoms with Gasteiger partial charge in [-0.15, -0.1) is 0 Å². The molecule has 0 bridgehead atoms. The molecule has 1 fully saturated rings. The first kappa shape index (κ1) is 19.2. The molecule has 1 aliphatic carbocycles. The van der Waals surface area contributed by atoms with E-state index in [1.165, 1.54) is 0 Å². The van der Waals surface area contributed by atoms with Crippen molar-refractivity contribution in [2.45, 2.75) is 44.9 Å². The third-order valence-electron chi connectivity index (χ3n) is 5.14. The number of carbonyl (C=O) groups excluding carboxylic acids is 1. The molecule has 2 aromatic carbocycles. The van der Waals surface area contributed by atoms with Crippen LogP contribution in [0, 0.1) is 0 Å². The van der Waals surface area contributed by atoms with Crippen LogP contribution >= 0.6 is 0 Å². The van der Waals surface area contributed by atoms with Gasteiger partial charge in [0.2, 0.25) is 0 Å². The van der Waals surface area contributed by atoms with Crippen molar-refractivity contribution in [1.29, 1.82) is 0 Å². The first-order valence-corrected chi connectivity index (χ1v) is 9.38. The van der Waals surface area contributed by atoms with E-state index in [4.69, 9.17) is 9.84 Å². The molecule has 0 aliphatic heterocycles. The molecule has 3 rings (SSSR count). The number of nitrogens with zero attached hydrogens (tertiary/aromatic N) is 1. The molecule has 0 aromatic heterocycles. The summed E-state index contributed by atoms with van der Waals surface area (Å²) in [6.07, 6.45) is 0.943. The van der Waals surface area contributed by atoms with Crippen LogP contribution in [-0.2, 0) is 9.59 Å². The number of aliphatic carboxylic acids is 1. The Labute approximate surface area is 159 Å². The predicted molar refractivity (Wildman–Crippen MR) is 104 cm³/mol. The van der Waals surface area contributed by atoms with Gasteiger partial charge in [0.15, 0.2) is 6.10 Å². The van der Waals surface area contributed by atoms with Gasteiger partial charge >= 0.3 is 5.97 Å². The van der Waals surface area contributed by atoms with E-state index >= 15 is 0 Å². The summed E-state index contributed by atoms with van der Waals surface area (Å²) in [4.78, 5) is 25.3. The van der Waals surface area contributed by atoms with Crippen LogP contribution in [0.3, 0.4) is 0 Å². The number of rotatable bonds is 8. The van der Waals surface area contributed by atoms with Gasteiger partial charge in [-0.3, -0.25) is 14.5 Å². The minimum Gasteiger partial charge on any atom is -0.480 e. The fourth-order valence-corrected chi connectivity index (χ4v) is 3.54. The molecule has 0 spiro atoms. The van der Waals surface area contributed by atoms with E-state index in [1.54, 1.807) is 6.92 Å². The number of carbonyl (C=O) groups is 2. The standard InChI is InChI=1S/C21H26N2O4/c1-3-23(13-20(24)25)17-11-16(12-17)22-21(26)14(2)27-19-10-6-8-15-7-4-5-9-18(15)19/h4-10,14,16-17H,3,11-13H2,1-2H3,(H,22,26)(H,24,25). The second kappa shape index (κ2) is 8.39. The van der Waals surface area contributed by atoms with Gasteiger partial charge in [0, 0.05) is 17.5 Å². The molecule has 6 nitrogen and oxygen atoms in total. The molecule has 6 heteroatoms. The normalized spacial score (nSPS) is 20.1. The average molecular weight is 370 g/mol. The zero-order chi connectivity index (χ0) is 19.4. The summed E-state index contributed by atoms with van der Waals surface area (Å²) in [6.45, 7) is 4.44. The Morgan fingerprint density at radius 3 is 2.63 bits per heavy atom. The Kier molecular flexibility index (Phi) is 5.96. The van der Waals surface area contributed by atoms with Crippen LogP contribution in [0.1, 0.15) is 26.7 Å². The number of carboxylic acid groups (broad SMARTS) is 1. The summed E-state index contributed by atoms with van der Waals surface area (Å²) >= 11 is 0. The molecular formula is C21H26N2O4. The van der Waals surface area contributed by atoms with Crippen molar-refractivity contribution in [3.8, 4) is 5.75 Å². The predicted octanol–water partition coefficient (Wildman–Crippen LogP) is 2.66. The van der Waals surface area contributed by atoms with Crippen molar-refractivity contribution in [3.63, 3.8) is 0 Å². The second-order valence-electron chi connectivity index (χ2n) is 7.02. The number of hydrogen-bond acceptors (Lipinski definition) is 4. The summed E-state index contributed by atoms with van der Waals surface area (Å²) in [5, 5.41) is 14.0. The molecule has 1 saturated carbocycles. The highest BCUT2D eigenvalue weighted by Crippen LogP contribution is 2.27. The van der Waals surface area contributed by atoms with Crippen LogP contribution in [0.4, 0.5) is 0 Å². The number of ether oxygens (including phenoxy) is 1.